The number of hydrogen-bond donors (Lipinski definition) is 0. The molecule has 0 saturated carbocycles. The number of nitrogens with zero attached hydrogens (tertiary/aromatic N) is 5. The van der Waals surface area contributed by atoms with Gasteiger partial charge >= 0.3 is 0 Å². The molecule has 1 saturated heterocycles. The Kier molecular flexibility index (Phi) is 4.72. The van der Waals surface area contributed by atoms with Crippen LogP contribution >= 0.6 is 0 Å². The third-order valence-corrected chi connectivity index (χ3v) is 5.61. The standard InChI is InChI=1S/C23H21N5O2/c29-22(19-15-25-20-8-1-2-10-28(20)23(19)30)27-13-11-26(12-14-27)16-18-6-3-5-17-7-4-9-24-21(17)18/h1-10,15H,11-14,16H2. The summed E-state index contributed by atoms with van der Waals surface area (Å²) in [5.41, 5.74) is 2.53. The molecule has 0 N–H and O–H groups in total. The van der Waals surface area contributed by atoms with Gasteiger partial charge in [0.15, 0.2) is 0 Å². The van der Waals surface area contributed by atoms with E-state index in [0.29, 0.717) is 18.7 Å². The highest BCUT2D eigenvalue weighted by molar-refractivity contribution is 5.93. The number of carbonyl (C=O) groups is 1. The molecule has 7 heteroatoms. The molecule has 1 aromatic carbocycles. The van der Waals surface area contributed by atoms with Gasteiger partial charge in [-0.1, -0.05) is 30.3 Å². The van der Waals surface area contributed by atoms with Crippen LogP contribution in [0.5, 0.6) is 0 Å². The van der Waals surface area contributed by atoms with Gasteiger partial charge < -0.3 is 4.90 Å². The van der Waals surface area contributed by atoms with Crippen LogP contribution in [0.25, 0.3) is 16.6 Å². The molecule has 5 rings (SSSR count). The highest BCUT2D eigenvalue weighted by Gasteiger charge is 2.25. The van der Waals surface area contributed by atoms with Crippen LogP contribution in [0.15, 0.2) is 71.9 Å². The van der Waals surface area contributed by atoms with E-state index in [2.05, 4.69) is 39.1 Å². The molecule has 0 spiro atoms. The summed E-state index contributed by atoms with van der Waals surface area (Å²) >= 11 is 0. The molecule has 0 bridgehead atoms. The number of piperazine rings is 1. The van der Waals surface area contributed by atoms with Crippen molar-refractivity contribution in [1.29, 1.82) is 0 Å². The first-order chi connectivity index (χ1) is 14.7. The maximum atomic E-state index is 12.9. The van der Waals surface area contributed by atoms with E-state index in [1.165, 1.54) is 16.2 Å². The predicted octanol–water partition coefficient (Wildman–Crippen LogP) is 2.20. The number of rotatable bonds is 3. The molecular weight excluding hydrogens is 378 g/mol. The van der Waals surface area contributed by atoms with Crippen LogP contribution < -0.4 is 5.56 Å². The van der Waals surface area contributed by atoms with Crippen molar-refractivity contribution in [3.63, 3.8) is 0 Å². The molecule has 1 aliphatic rings. The zero-order chi connectivity index (χ0) is 20.5. The van der Waals surface area contributed by atoms with Gasteiger partial charge in [0.2, 0.25) is 0 Å². The topological polar surface area (TPSA) is 70.8 Å². The van der Waals surface area contributed by atoms with E-state index in [1.54, 1.807) is 23.2 Å². The molecule has 0 atom stereocenters. The van der Waals surface area contributed by atoms with Crippen LogP contribution in [0.4, 0.5) is 0 Å². The molecule has 4 heterocycles. The molecular formula is C23H21N5O2. The lowest BCUT2D eigenvalue weighted by molar-refractivity contribution is 0.0626. The quantitative estimate of drug-likeness (QED) is 0.528. The number of amides is 1. The van der Waals surface area contributed by atoms with E-state index in [9.17, 15) is 9.59 Å². The SMILES string of the molecule is O=C(c1cnc2ccccn2c1=O)N1CCN(Cc2cccc3cccnc23)CC1. The number of pyridine rings is 2. The number of aromatic nitrogens is 3. The van der Waals surface area contributed by atoms with E-state index in [-0.39, 0.29) is 17.0 Å². The maximum Gasteiger partial charge on any atom is 0.270 e. The second-order valence-electron chi connectivity index (χ2n) is 7.47. The zero-order valence-corrected chi connectivity index (χ0v) is 16.4. The molecule has 150 valence electrons. The Morgan fingerprint density at radius 2 is 1.77 bits per heavy atom. The van der Waals surface area contributed by atoms with Gasteiger partial charge in [0.1, 0.15) is 11.2 Å². The van der Waals surface area contributed by atoms with Gasteiger partial charge in [0, 0.05) is 56.7 Å². The van der Waals surface area contributed by atoms with Crippen molar-refractivity contribution in [2.24, 2.45) is 0 Å². The van der Waals surface area contributed by atoms with E-state index in [1.807, 2.05) is 18.3 Å². The second-order valence-corrected chi connectivity index (χ2v) is 7.47. The van der Waals surface area contributed by atoms with Crippen molar-refractivity contribution in [3.8, 4) is 0 Å². The fourth-order valence-electron chi connectivity index (χ4n) is 3.99. The maximum absolute atomic E-state index is 12.9. The third kappa shape index (κ3) is 3.33. The summed E-state index contributed by atoms with van der Waals surface area (Å²) in [7, 11) is 0. The first-order valence-electron chi connectivity index (χ1n) is 10.0. The number of para-hydroxylation sites is 1. The highest BCUT2D eigenvalue weighted by atomic mass is 16.2. The minimum absolute atomic E-state index is 0.116. The second kappa shape index (κ2) is 7.68. The van der Waals surface area contributed by atoms with Crippen LogP contribution in [-0.2, 0) is 6.54 Å². The summed E-state index contributed by atoms with van der Waals surface area (Å²) in [5, 5.41) is 1.13. The van der Waals surface area contributed by atoms with Crippen LogP contribution in [0.3, 0.4) is 0 Å². The molecule has 4 aromatic rings. The van der Waals surface area contributed by atoms with Gasteiger partial charge in [-0.3, -0.25) is 23.9 Å². The molecule has 0 unspecified atom stereocenters. The fraction of sp³-hybridized carbons (Fsp3) is 0.217. The molecule has 3 aromatic heterocycles. The van der Waals surface area contributed by atoms with Crippen molar-refractivity contribution in [2.45, 2.75) is 6.54 Å². The largest absolute Gasteiger partial charge is 0.336 e. The predicted molar refractivity (Wildman–Crippen MR) is 114 cm³/mol. The van der Waals surface area contributed by atoms with Gasteiger partial charge in [-0.25, -0.2) is 4.98 Å². The average Bonchev–Trinajstić information content (AvgIpc) is 2.80. The lowest BCUT2D eigenvalue weighted by Gasteiger charge is -2.34. The van der Waals surface area contributed by atoms with Crippen molar-refractivity contribution >= 4 is 22.5 Å². The highest BCUT2D eigenvalue weighted by Crippen LogP contribution is 2.18. The summed E-state index contributed by atoms with van der Waals surface area (Å²) in [5.74, 6) is -0.253. The Balaban J connectivity index is 1.30. The van der Waals surface area contributed by atoms with E-state index >= 15 is 0 Å². The van der Waals surface area contributed by atoms with Crippen molar-refractivity contribution < 1.29 is 4.79 Å². The van der Waals surface area contributed by atoms with Crippen molar-refractivity contribution in [2.75, 3.05) is 26.2 Å². The van der Waals surface area contributed by atoms with Crippen molar-refractivity contribution in [3.05, 3.63) is 88.6 Å². The lowest BCUT2D eigenvalue weighted by Crippen LogP contribution is -2.49. The zero-order valence-electron chi connectivity index (χ0n) is 16.4. The molecule has 1 amide bonds. The average molecular weight is 399 g/mol. The Hall–Kier alpha value is -3.58. The number of fused-ring (bicyclic) bond motifs is 2. The minimum atomic E-state index is -0.324. The molecule has 0 aliphatic carbocycles. The Morgan fingerprint density at radius 3 is 2.63 bits per heavy atom. The first-order valence-corrected chi connectivity index (χ1v) is 10.0. The summed E-state index contributed by atoms with van der Waals surface area (Å²) in [6.45, 7) is 3.44. The van der Waals surface area contributed by atoms with Crippen LogP contribution in [-0.4, -0.2) is 56.3 Å². The Labute approximate surface area is 173 Å². The summed E-state index contributed by atoms with van der Waals surface area (Å²) in [6.07, 6.45) is 4.85. The monoisotopic (exact) mass is 399 g/mol. The van der Waals surface area contributed by atoms with E-state index in [0.717, 1.165) is 30.5 Å². The molecule has 1 aliphatic heterocycles. The fourth-order valence-corrected chi connectivity index (χ4v) is 3.99. The third-order valence-electron chi connectivity index (χ3n) is 5.61. The smallest absolute Gasteiger partial charge is 0.270 e. The molecule has 7 nitrogen and oxygen atoms in total. The minimum Gasteiger partial charge on any atom is -0.336 e. The van der Waals surface area contributed by atoms with Gasteiger partial charge in [0.05, 0.1) is 5.52 Å². The normalized spacial score (nSPS) is 15.0. The number of benzene rings is 1. The number of carbonyl (C=O) groups excluding carboxylic acids is 1. The van der Waals surface area contributed by atoms with Crippen LogP contribution in [0.1, 0.15) is 15.9 Å². The Bertz CT molecular complexity index is 1290. The van der Waals surface area contributed by atoms with Gasteiger partial charge in [-0.05, 0) is 23.8 Å². The molecule has 0 radical (unpaired) electrons. The Morgan fingerprint density at radius 1 is 0.933 bits per heavy atom. The van der Waals surface area contributed by atoms with Crippen LogP contribution in [0, 0.1) is 0 Å². The van der Waals surface area contributed by atoms with Crippen molar-refractivity contribution in [1.82, 2.24) is 24.2 Å². The van der Waals surface area contributed by atoms with E-state index in [4.69, 9.17) is 0 Å². The summed E-state index contributed by atoms with van der Waals surface area (Å²) < 4.78 is 1.41. The summed E-state index contributed by atoms with van der Waals surface area (Å²) in [6, 6.07) is 15.6. The number of hydrogen-bond acceptors (Lipinski definition) is 5. The molecule has 1 fully saturated rings. The molecule has 30 heavy (non-hydrogen) atoms. The van der Waals surface area contributed by atoms with Crippen LogP contribution in [0.2, 0.25) is 0 Å². The lowest BCUT2D eigenvalue weighted by atomic mass is 10.1. The first kappa shape index (κ1) is 18.4. The van der Waals surface area contributed by atoms with Gasteiger partial charge in [-0.15, -0.1) is 0 Å². The summed E-state index contributed by atoms with van der Waals surface area (Å²) in [4.78, 5) is 38.5. The van der Waals surface area contributed by atoms with Gasteiger partial charge in [-0.2, -0.15) is 0 Å². The van der Waals surface area contributed by atoms with Gasteiger partial charge in [0.25, 0.3) is 11.5 Å². The van der Waals surface area contributed by atoms with E-state index < -0.39 is 0 Å².